The smallest absolute Gasteiger partial charge is 0.230 e. The highest BCUT2D eigenvalue weighted by Gasteiger charge is 2.32. The summed E-state index contributed by atoms with van der Waals surface area (Å²) in [6, 6.07) is 0. The number of carbonyl (C=O) groups excluding carboxylic acids is 1. The lowest BCUT2D eigenvalue weighted by Crippen LogP contribution is -2.27. The van der Waals surface area contributed by atoms with Gasteiger partial charge in [-0.1, -0.05) is 0 Å². The number of aromatic nitrogens is 4. The van der Waals surface area contributed by atoms with Crippen LogP contribution in [0.3, 0.4) is 0 Å². The molecule has 3 rings (SSSR count). The van der Waals surface area contributed by atoms with E-state index in [-0.39, 0.29) is 48.4 Å². The first-order chi connectivity index (χ1) is 9.58. The maximum Gasteiger partial charge on any atom is 0.230 e. The minimum Gasteiger partial charge on any atom is -0.391 e. The van der Waals surface area contributed by atoms with E-state index in [1.54, 1.807) is 0 Å². The van der Waals surface area contributed by atoms with Crippen LogP contribution >= 0.6 is 0 Å². The average molecular weight is 276 g/mol. The normalized spacial score (nSPS) is 19.0. The Kier molecular flexibility index (Phi) is 2.92. The van der Waals surface area contributed by atoms with Crippen molar-refractivity contribution in [1.29, 1.82) is 0 Å². The summed E-state index contributed by atoms with van der Waals surface area (Å²) in [7, 11) is 0. The zero-order valence-electron chi connectivity index (χ0n) is 10.4. The number of nitrogen functional groups attached to an aromatic ring is 1. The molecule has 1 atom stereocenters. The van der Waals surface area contributed by atoms with Crippen molar-refractivity contribution in [1.82, 2.24) is 19.9 Å². The van der Waals surface area contributed by atoms with Crippen LogP contribution in [0, 0.1) is 0 Å². The lowest BCUT2D eigenvalue weighted by Gasteiger charge is -2.16. The van der Waals surface area contributed by atoms with Gasteiger partial charge in [-0.05, 0) is 0 Å². The van der Waals surface area contributed by atoms with Gasteiger partial charge in [0, 0.05) is 0 Å². The maximum absolute atomic E-state index is 11.9. The molecule has 0 bridgehead atoms. The molecule has 3 heterocycles. The van der Waals surface area contributed by atoms with Crippen LogP contribution < -0.4 is 10.6 Å². The van der Waals surface area contributed by atoms with Gasteiger partial charge in [0.25, 0.3) is 0 Å². The zero-order chi connectivity index (χ0) is 14.3. The summed E-state index contributed by atoms with van der Waals surface area (Å²) in [5, 5.41) is 18.7. The number of nitrogens with two attached hydrogens (primary N) is 1. The summed E-state index contributed by atoms with van der Waals surface area (Å²) in [6.07, 6.45) is 0.653. The van der Waals surface area contributed by atoms with Crippen LogP contribution in [0.2, 0.25) is 0 Å². The predicted octanol–water partition coefficient (Wildman–Crippen LogP) is -1.41. The summed E-state index contributed by atoms with van der Waals surface area (Å²) >= 11 is 0. The van der Waals surface area contributed by atoms with E-state index in [4.69, 9.17) is 10.8 Å². The molecule has 0 saturated carbocycles. The van der Waals surface area contributed by atoms with E-state index < -0.39 is 6.10 Å². The number of amides is 1. The first-order valence-electron chi connectivity index (χ1n) is 5.97. The Hall–Kier alpha value is -2.39. The topological polar surface area (TPSA) is 138 Å². The van der Waals surface area contributed by atoms with Crippen LogP contribution in [0.25, 0.3) is 11.2 Å². The van der Waals surface area contributed by atoms with Gasteiger partial charge in [-0.25, -0.2) is 9.97 Å². The quantitative estimate of drug-likeness (QED) is 0.608. The molecule has 1 fully saturated rings. The Morgan fingerprint density at radius 2 is 2.20 bits per heavy atom. The highest BCUT2D eigenvalue weighted by atomic mass is 16.3. The first-order valence-corrected chi connectivity index (χ1v) is 5.97. The van der Waals surface area contributed by atoms with Gasteiger partial charge in [-0.3, -0.25) is 9.69 Å². The molecule has 4 N–H and O–H groups in total. The predicted molar refractivity (Wildman–Crippen MR) is 68.4 cm³/mol. The van der Waals surface area contributed by atoms with Gasteiger partial charge in [-0.2, -0.15) is 9.97 Å². The standard InChI is InChI=1S/C11H12N6O3/c12-11-15-9-8(14-5(4-18)2-13-9)10(16-11)17-3-6(19)1-7(17)20/h2,6,18-19H,1,3-4H2,(H2,12,13,15,16). The molecule has 104 valence electrons. The molecule has 2 aromatic rings. The summed E-state index contributed by atoms with van der Waals surface area (Å²) in [6.45, 7) is -0.168. The van der Waals surface area contributed by atoms with Crippen LogP contribution in [-0.4, -0.2) is 48.7 Å². The van der Waals surface area contributed by atoms with Crippen molar-refractivity contribution < 1.29 is 15.0 Å². The molecular weight excluding hydrogens is 264 g/mol. The largest absolute Gasteiger partial charge is 0.391 e. The number of anilines is 2. The number of hydrogen-bond donors (Lipinski definition) is 3. The second-order valence-corrected chi connectivity index (χ2v) is 4.46. The van der Waals surface area contributed by atoms with Gasteiger partial charge in [0.05, 0.1) is 37.6 Å². The van der Waals surface area contributed by atoms with E-state index >= 15 is 0 Å². The Bertz CT molecular complexity index is 691. The van der Waals surface area contributed by atoms with Crippen molar-refractivity contribution in [2.75, 3.05) is 17.2 Å². The molecule has 1 amide bonds. The van der Waals surface area contributed by atoms with Gasteiger partial charge in [-0.15, -0.1) is 0 Å². The van der Waals surface area contributed by atoms with Crippen LogP contribution in [0.4, 0.5) is 11.8 Å². The number of rotatable bonds is 2. The molecule has 1 unspecified atom stereocenters. The van der Waals surface area contributed by atoms with Crippen molar-refractivity contribution in [3.05, 3.63) is 11.9 Å². The van der Waals surface area contributed by atoms with Gasteiger partial charge < -0.3 is 15.9 Å². The molecular formula is C11H12N6O3. The summed E-state index contributed by atoms with van der Waals surface area (Å²) in [4.78, 5) is 29.3. The number of aliphatic hydroxyl groups excluding tert-OH is 2. The maximum atomic E-state index is 11.9. The zero-order valence-corrected chi connectivity index (χ0v) is 10.4. The fourth-order valence-corrected chi connectivity index (χ4v) is 2.10. The van der Waals surface area contributed by atoms with E-state index in [2.05, 4.69) is 19.9 Å². The molecule has 2 aromatic heterocycles. The summed E-state index contributed by atoms with van der Waals surface area (Å²) < 4.78 is 0. The third kappa shape index (κ3) is 2.02. The van der Waals surface area contributed by atoms with Crippen LogP contribution in [0.5, 0.6) is 0 Å². The van der Waals surface area contributed by atoms with Gasteiger partial charge in [0.2, 0.25) is 11.9 Å². The SMILES string of the molecule is Nc1nc(N2CC(O)CC2=O)c2nc(CO)cnc2n1. The number of β-amino-alcohol motifs (C(OH)–C–C–N with tert-alkyl or cyclic N) is 1. The van der Waals surface area contributed by atoms with Crippen molar-refractivity contribution in [2.45, 2.75) is 19.1 Å². The molecule has 0 aromatic carbocycles. The van der Waals surface area contributed by atoms with E-state index in [0.29, 0.717) is 5.69 Å². The Labute approximate surface area is 113 Å². The van der Waals surface area contributed by atoms with Crippen LogP contribution in [0.1, 0.15) is 12.1 Å². The second kappa shape index (κ2) is 4.62. The third-order valence-corrected chi connectivity index (χ3v) is 2.98. The number of nitrogens with zero attached hydrogens (tertiary/aromatic N) is 5. The molecule has 1 saturated heterocycles. The van der Waals surface area contributed by atoms with Gasteiger partial charge >= 0.3 is 0 Å². The average Bonchev–Trinajstić information content (AvgIpc) is 2.76. The molecule has 1 aliphatic rings. The molecule has 1 aliphatic heterocycles. The first kappa shape index (κ1) is 12.6. The Morgan fingerprint density at radius 3 is 2.85 bits per heavy atom. The number of fused-ring (bicyclic) bond motifs is 1. The van der Waals surface area contributed by atoms with Crippen molar-refractivity contribution in [2.24, 2.45) is 0 Å². The highest BCUT2D eigenvalue weighted by molar-refractivity contribution is 6.01. The van der Waals surface area contributed by atoms with E-state index in [9.17, 15) is 9.90 Å². The molecule has 0 radical (unpaired) electrons. The Morgan fingerprint density at radius 1 is 1.40 bits per heavy atom. The molecule has 0 aliphatic carbocycles. The van der Waals surface area contributed by atoms with Crippen molar-refractivity contribution in [3.8, 4) is 0 Å². The fourth-order valence-electron chi connectivity index (χ4n) is 2.10. The van der Waals surface area contributed by atoms with Gasteiger partial charge in [0.1, 0.15) is 0 Å². The van der Waals surface area contributed by atoms with Gasteiger partial charge in [0.15, 0.2) is 17.0 Å². The van der Waals surface area contributed by atoms with E-state index in [1.807, 2.05) is 0 Å². The highest BCUT2D eigenvalue weighted by Crippen LogP contribution is 2.26. The van der Waals surface area contributed by atoms with Crippen molar-refractivity contribution in [3.63, 3.8) is 0 Å². The molecule has 20 heavy (non-hydrogen) atoms. The number of carbonyl (C=O) groups is 1. The number of hydrogen-bond acceptors (Lipinski definition) is 8. The summed E-state index contributed by atoms with van der Waals surface area (Å²) in [5.74, 6) is -0.0994. The van der Waals surface area contributed by atoms with E-state index in [0.717, 1.165) is 0 Å². The van der Waals surface area contributed by atoms with Crippen LogP contribution in [-0.2, 0) is 11.4 Å². The minimum absolute atomic E-state index is 0.0263. The van der Waals surface area contributed by atoms with E-state index in [1.165, 1.54) is 11.1 Å². The Balaban J connectivity index is 2.20. The fraction of sp³-hybridized carbons (Fsp3) is 0.364. The van der Waals surface area contributed by atoms with Crippen molar-refractivity contribution >= 4 is 28.8 Å². The second-order valence-electron chi connectivity index (χ2n) is 4.46. The lowest BCUT2D eigenvalue weighted by atomic mass is 10.3. The molecule has 9 nitrogen and oxygen atoms in total. The molecule has 9 heteroatoms. The third-order valence-electron chi connectivity index (χ3n) is 2.98. The van der Waals surface area contributed by atoms with Crippen LogP contribution in [0.15, 0.2) is 6.20 Å². The minimum atomic E-state index is -0.747. The number of aliphatic hydroxyl groups is 2. The monoisotopic (exact) mass is 276 g/mol. The lowest BCUT2D eigenvalue weighted by molar-refractivity contribution is -0.117. The summed E-state index contributed by atoms with van der Waals surface area (Å²) in [5.41, 5.74) is 6.44. The molecule has 0 spiro atoms.